The van der Waals surface area contributed by atoms with Crippen molar-refractivity contribution in [1.82, 2.24) is 5.32 Å². The maximum Gasteiger partial charge on any atom is 0.407 e. The lowest BCUT2D eigenvalue weighted by Crippen LogP contribution is -2.54. The van der Waals surface area contributed by atoms with Crippen molar-refractivity contribution in [3.8, 4) is 0 Å². The van der Waals surface area contributed by atoms with Gasteiger partial charge in [-0.05, 0) is 45.9 Å². The van der Waals surface area contributed by atoms with E-state index in [1.165, 1.54) is 19.2 Å². The highest BCUT2D eigenvalue weighted by atomic mass is 28.2. The molecule has 0 aromatic heterocycles. The van der Waals surface area contributed by atoms with E-state index in [9.17, 15) is 18.8 Å². The first kappa shape index (κ1) is 22.8. The van der Waals surface area contributed by atoms with Crippen LogP contribution >= 0.6 is 0 Å². The third-order valence-corrected chi connectivity index (χ3v) is 5.16. The number of ketones is 1. The fourth-order valence-electron chi connectivity index (χ4n) is 2.27. The summed E-state index contributed by atoms with van der Waals surface area (Å²) in [5.41, 5.74) is 0.202. The van der Waals surface area contributed by atoms with Crippen molar-refractivity contribution in [2.45, 2.75) is 57.3 Å². The topological polar surface area (TPSA) is 81.7 Å². The second-order valence-corrected chi connectivity index (χ2v) is 9.22. The number of carbonyl (C=O) groups is 3. The Hall–Kier alpha value is -2.22. The number of nitrogens with one attached hydrogen (secondary N) is 1. The third kappa shape index (κ3) is 9.32. The fourth-order valence-corrected chi connectivity index (χ4v) is 3.61. The largest absolute Gasteiger partial charge is 0.469 e. The summed E-state index contributed by atoms with van der Waals surface area (Å²) in [6.45, 7) is 6.96. The van der Waals surface area contributed by atoms with E-state index in [2.05, 4.69) is 10.1 Å². The predicted octanol–water partition coefficient (Wildman–Crippen LogP) is 2.79. The monoisotopic (exact) mass is 395 g/mol. The predicted molar refractivity (Wildman–Crippen MR) is 99.9 cm³/mol. The summed E-state index contributed by atoms with van der Waals surface area (Å²) in [5.74, 6) is -1.29. The normalized spacial score (nSPS) is 13.4. The van der Waals surface area contributed by atoms with Gasteiger partial charge in [0.25, 0.3) is 0 Å². The quantitative estimate of drug-likeness (QED) is 0.416. The van der Waals surface area contributed by atoms with Gasteiger partial charge < -0.3 is 14.8 Å². The van der Waals surface area contributed by atoms with Crippen molar-refractivity contribution in [3.63, 3.8) is 0 Å². The van der Waals surface area contributed by atoms with Gasteiger partial charge in [-0.1, -0.05) is 17.7 Å². The number of Topliss-reactive ketones (excluding diaryl/α,β-unsaturated/α-hetero) is 1. The molecule has 2 radical (unpaired) electrons. The smallest absolute Gasteiger partial charge is 0.407 e. The Morgan fingerprint density at radius 1 is 1.11 bits per heavy atom. The number of benzene rings is 1. The van der Waals surface area contributed by atoms with Crippen molar-refractivity contribution in [2.75, 3.05) is 7.11 Å². The first-order valence-corrected chi connectivity index (χ1v) is 9.72. The van der Waals surface area contributed by atoms with Crippen LogP contribution in [0, 0.1) is 5.82 Å². The van der Waals surface area contributed by atoms with Crippen LogP contribution in [0.25, 0.3) is 0 Å². The van der Waals surface area contributed by atoms with E-state index in [1.54, 1.807) is 39.8 Å². The summed E-state index contributed by atoms with van der Waals surface area (Å²) in [6, 6.07) is 6.58. The molecule has 1 N–H and O–H groups in total. The molecular formula is C19H26FNO5Si. The third-order valence-electron chi connectivity index (χ3n) is 3.49. The molecular weight excluding hydrogens is 369 g/mol. The second kappa shape index (κ2) is 9.64. The van der Waals surface area contributed by atoms with Gasteiger partial charge in [0.05, 0.1) is 16.6 Å². The van der Waals surface area contributed by atoms with Crippen LogP contribution in [0.4, 0.5) is 9.18 Å². The Morgan fingerprint density at radius 3 is 2.22 bits per heavy atom. The Labute approximate surface area is 161 Å². The molecule has 0 fully saturated rings. The zero-order valence-corrected chi connectivity index (χ0v) is 17.3. The van der Waals surface area contributed by atoms with Crippen molar-refractivity contribution >= 4 is 27.4 Å². The van der Waals surface area contributed by atoms with Gasteiger partial charge >= 0.3 is 12.1 Å². The number of ether oxygens (including phenoxy) is 2. The van der Waals surface area contributed by atoms with E-state index in [4.69, 9.17) is 4.74 Å². The van der Waals surface area contributed by atoms with Gasteiger partial charge in [-0.3, -0.25) is 9.59 Å². The molecule has 1 amide bonds. The highest BCUT2D eigenvalue weighted by molar-refractivity contribution is 6.40. The van der Waals surface area contributed by atoms with Gasteiger partial charge in [-0.15, -0.1) is 0 Å². The van der Waals surface area contributed by atoms with Crippen LogP contribution in [0.1, 0.15) is 46.1 Å². The van der Waals surface area contributed by atoms with Crippen molar-refractivity contribution < 1.29 is 28.2 Å². The second-order valence-electron chi connectivity index (χ2n) is 7.41. The summed E-state index contributed by atoms with van der Waals surface area (Å²) in [6.07, 6.45) is -1.04. The van der Waals surface area contributed by atoms with E-state index in [-0.39, 0.29) is 34.0 Å². The average Bonchev–Trinajstić information content (AvgIpc) is 2.51. The number of amides is 1. The average molecular weight is 396 g/mol. The van der Waals surface area contributed by atoms with Crippen molar-refractivity contribution in [3.05, 3.63) is 35.6 Å². The molecule has 0 saturated heterocycles. The molecule has 1 aromatic carbocycles. The molecule has 27 heavy (non-hydrogen) atoms. The Morgan fingerprint density at radius 2 is 1.70 bits per heavy atom. The Bertz CT molecular complexity index is 672. The number of hydrogen-bond donors (Lipinski definition) is 1. The van der Waals surface area contributed by atoms with Crippen LogP contribution in [0.5, 0.6) is 0 Å². The molecule has 0 heterocycles. The lowest BCUT2D eigenvalue weighted by molar-refractivity contribution is -0.143. The Kier molecular flexibility index (Phi) is 8.14. The molecule has 0 spiro atoms. The van der Waals surface area contributed by atoms with Crippen molar-refractivity contribution in [1.29, 1.82) is 0 Å². The fraction of sp³-hybridized carbons (Fsp3) is 0.526. The zero-order valence-electron chi connectivity index (χ0n) is 16.3. The van der Waals surface area contributed by atoms with Crippen LogP contribution in [-0.2, 0) is 25.1 Å². The number of alkyl carbamates (subject to hydrolysis) is 1. The van der Waals surface area contributed by atoms with Crippen LogP contribution in [0.3, 0.4) is 0 Å². The highest BCUT2D eigenvalue weighted by Crippen LogP contribution is 2.16. The van der Waals surface area contributed by atoms with Gasteiger partial charge in [-0.25, -0.2) is 9.18 Å². The lowest BCUT2D eigenvalue weighted by atomic mass is 10.1. The van der Waals surface area contributed by atoms with Crippen LogP contribution < -0.4 is 5.32 Å². The summed E-state index contributed by atoms with van der Waals surface area (Å²) >= 11 is 0. The summed E-state index contributed by atoms with van der Waals surface area (Å²) in [4.78, 5) is 35.8. The van der Waals surface area contributed by atoms with Gasteiger partial charge in [-0.2, -0.15) is 0 Å². The van der Waals surface area contributed by atoms with E-state index < -0.39 is 22.8 Å². The maximum atomic E-state index is 13.1. The lowest BCUT2D eigenvalue weighted by Gasteiger charge is -2.31. The molecule has 6 nitrogen and oxygen atoms in total. The number of methoxy groups -OCH3 is 1. The molecule has 0 unspecified atom stereocenters. The number of esters is 1. The first-order valence-electron chi connectivity index (χ1n) is 8.51. The van der Waals surface area contributed by atoms with Gasteiger partial charge in [0.1, 0.15) is 23.6 Å². The van der Waals surface area contributed by atoms with E-state index in [0.717, 1.165) is 5.56 Å². The summed E-state index contributed by atoms with van der Waals surface area (Å²) in [7, 11) is 1.32. The highest BCUT2D eigenvalue weighted by Gasteiger charge is 2.32. The molecule has 148 valence electrons. The molecule has 0 bridgehead atoms. The minimum Gasteiger partial charge on any atom is -0.469 e. The van der Waals surface area contributed by atoms with Crippen LogP contribution in [0.15, 0.2) is 24.3 Å². The molecule has 1 atom stereocenters. The van der Waals surface area contributed by atoms with E-state index in [0.29, 0.717) is 6.04 Å². The van der Waals surface area contributed by atoms with E-state index in [1.807, 2.05) is 0 Å². The minimum atomic E-state index is -0.901. The van der Waals surface area contributed by atoms with Crippen molar-refractivity contribution in [2.24, 2.45) is 0 Å². The number of hydrogen-bond acceptors (Lipinski definition) is 5. The molecule has 0 saturated carbocycles. The van der Waals surface area contributed by atoms with Crippen LogP contribution in [-0.4, -0.2) is 45.2 Å². The SMILES string of the molecule is COC(=O)CC(=O)C[C@@](C)(NC(=O)OC(C)(C)C)[Si]Cc1ccc(F)cc1. The number of rotatable bonds is 8. The number of carbonyl (C=O) groups excluding carboxylic acids is 3. The standard InChI is InChI=1S/C19H26FNO5Si/c1-18(2,3)26-17(24)21-19(4,11-15(22)10-16(23)25-5)27-12-13-6-8-14(20)9-7-13/h6-9H,10-12H2,1-5H3,(H,21,24)/t19-/m0/s1. The maximum absolute atomic E-state index is 13.1. The summed E-state index contributed by atoms with van der Waals surface area (Å²) in [5, 5.41) is 1.86. The zero-order chi connectivity index (χ0) is 20.7. The summed E-state index contributed by atoms with van der Waals surface area (Å²) < 4.78 is 22.9. The Balaban J connectivity index is 2.85. The molecule has 8 heteroatoms. The molecule has 0 aliphatic heterocycles. The molecule has 0 aliphatic carbocycles. The number of halogens is 1. The minimum absolute atomic E-state index is 0.0407. The van der Waals surface area contributed by atoms with Crippen LogP contribution in [0.2, 0.25) is 0 Å². The molecule has 1 aromatic rings. The van der Waals surface area contributed by atoms with Gasteiger partial charge in [0.15, 0.2) is 0 Å². The van der Waals surface area contributed by atoms with E-state index >= 15 is 0 Å². The molecule has 1 rings (SSSR count). The first-order chi connectivity index (χ1) is 12.4. The van der Waals surface area contributed by atoms with Gasteiger partial charge in [0.2, 0.25) is 0 Å². The van der Waals surface area contributed by atoms with Gasteiger partial charge in [0, 0.05) is 11.6 Å². The molecule has 0 aliphatic rings.